The van der Waals surface area contributed by atoms with Gasteiger partial charge in [-0.1, -0.05) is 54.2 Å². The second kappa shape index (κ2) is 11.4. The number of thioether (sulfide) groups is 1. The zero-order chi connectivity index (χ0) is 24.6. The maximum atomic E-state index is 12.7. The Morgan fingerprint density at radius 1 is 0.972 bits per heavy atom. The first kappa shape index (κ1) is 23.4. The smallest absolute Gasteiger partial charge is 0.234 e. The van der Waals surface area contributed by atoms with Crippen LogP contribution in [0.4, 0.5) is 5.69 Å². The van der Waals surface area contributed by atoms with E-state index in [-0.39, 0.29) is 11.7 Å². The number of aromatic nitrogens is 4. The normalized spacial score (nSPS) is 10.8. The lowest BCUT2D eigenvalue weighted by atomic mass is 10.2. The van der Waals surface area contributed by atoms with Gasteiger partial charge in [0.05, 0.1) is 18.6 Å². The minimum absolute atomic E-state index is 0.154. The maximum Gasteiger partial charge on any atom is 0.234 e. The van der Waals surface area contributed by atoms with Crippen molar-refractivity contribution >= 4 is 23.4 Å². The molecule has 0 aliphatic carbocycles. The van der Waals surface area contributed by atoms with Crippen molar-refractivity contribution in [2.24, 2.45) is 0 Å². The molecule has 1 amide bonds. The van der Waals surface area contributed by atoms with Gasteiger partial charge in [0.25, 0.3) is 0 Å². The lowest BCUT2D eigenvalue weighted by molar-refractivity contribution is -0.113. The summed E-state index contributed by atoms with van der Waals surface area (Å²) >= 11 is 1.32. The predicted molar refractivity (Wildman–Crippen MR) is 138 cm³/mol. The summed E-state index contributed by atoms with van der Waals surface area (Å²) < 4.78 is 13.3. The highest BCUT2D eigenvalue weighted by atomic mass is 32.2. The van der Waals surface area contributed by atoms with Crippen molar-refractivity contribution in [3.63, 3.8) is 0 Å². The van der Waals surface area contributed by atoms with Crippen LogP contribution in [0, 0.1) is 0 Å². The Hall–Kier alpha value is -4.37. The van der Waals surface area contributed by atoms with Gasteiger partial charge in [0.1, 0.15) is 12.4 Å². The molecule has 0 spiro atoms. The summed E-state index contributed by atoms with van der Waals surface area (Å²) in [6.07, 6.45) is 5.09. The van der Waals surface area contributed by atoms with Gasteiger partial charge in [-0.3, -0.25) is 14.3 Å². The first-order valence-electron chi connectivity index (χ1n) is 11.3. The van der Waals surface area contributed by atoms with Gasteiger partial charge in [0, 0.05) is 29.7 Å². The summed E-state index contributed by atoms with van der Waals surface area (Å²) in [6.45, 7) is 0.959. The molecule has 0 bridgehead atoms. The molecule has 0 saturated heterocycles. The zero-order valence-corrected chi connectivity index (χ0v) is 20.1. The standard InChI is InChI=1S/C27H23N5O3S/c33-25(29-22-10-4-11-23(15-22)35-18-21-9-5-13-28-16-21)19-36-27-31-30-26(24-12-6-14-34-24)32(27)17-20-7-2-1-3-8-20/h1-16H,17-19H2,(H,29,33). The molecule has 0 radical (unpaired) electrons. The van der Waals surface area contributed by atoms with Crippen LogP contribution in [0.3, 0.4) is 0 Å². The lowest BCUT2D eigenvalue weighted by Gasteiger charge is -2.10. The van der Waals surface area contributed by atoms with Gasteiger partial charge < -0.3 is 14.5 Å². The number of nitrogens with one attached hydrogen (secondary N) is 1. The number of carbonyl (C=O) groups excluding carboxylic acids is 1. The van der Waals surface area contributed by atoms with Crippen molar-refractivity contribution in [3.05, 3.63) is 109 Å². The molecule has 0 saturated carbocycles. The summed E-state index contributed by atoms with van der Waals surface area (Å²) in [7, 11) is 0. The van der Waals surface area contributed by atoms with Crippen LogP contribution in [0.1, 0.15) is 11.1 Å². The molecule has 0 atom stereocenters. The molecular formula is C27H23N5O3S. The van der Waals surface area contributed by atoms with Crippen LogP contribution in [0.15, 0.2) is 107 Å². The van der Waals surface area contributed by atoms with Crippen molar-refractivity contribution in [3.8, 4) is 17.3 Å². The zero-order valence-electron chi connectivity index (χ0n) is 19.3. The fourth-order valence-corrected chi connectivity index (χ4v) is 4.27. The lowest BCUT2D eigenvalue weighted by Crippen LogP contribution is -2.15. The van der Waals surface area contributed by atoms with Gasteiger partial charge in [-0.15, -0.1) is 10.2 Å². The van der Waals surface area contributed by atoms with Crippen molar-refractivity contribution in [1.29, 1.82) is 0 Å². The summed E-state index contributed by atoms with van der Waals surface area (Å²) in [5.74, 6) is 1.92. The fourth-order valence-electron chi connectivity index (χ4n) is 3.53. The molecule has 180 valence electrons. The van der Waals surface area contributed by atoms with E-state index >= 15 is 0 Å². The van der Waals surface area contributed by atoms with Crippen molar-refractivity contribution in [2.75, 3.05) is 11.1 Å². The van der Waals surface area contributed by atoms with Crippen LogP contribution in [0.5, 0.6) is 5.75 Å². The van der Waals surface area contributed by atoms with Crippen molar-refractivity contribution in [1.82, 2.24) is 19.7 Å². The Balaban J connectivity index is 1.23. The largest absolute Gasteiger partial charge is 0.489 e. The molecular weight excluding hydrogens is 474 g/mol. The SMILES string of the molecule is O=C(CSc1nnc(-c2ccco2)n1Cc1ccccc1)Nc1cccc(OCc2cccnc2)c1. The predicted octanol–water partition coefficient (Wildman–Crippen LogP) is 5.29. The Morgan fingerprint density at radius 2 is 1.86 bits per heavy atom. The number of hydrogen-bond donors (Lipinski definition) is 1. The molecule has 0 aliphatic rings. The van der Waals surface area contributed by atoms with Crippen LogP contribution in [0.2, 0.25) is 0 Å². The third-order valence-electron chi connectivity index (χ3n) is 5.22. The quantitative estimate of drug-likeness (QED) is 0.262. The minimum atomic E-state index is -0.154. The molecule has 5 rings (SSSR count). The third kappa shape index (κ3) is 6.00. The van der Waals surface area contributed by atoms with Gasteiger partial charge >= 0.3 is 0 Å². The highest BCUT2D eigenvalue weighted by molar-refractivity contribution is 7.99. The Morgan fingerprint density at radius 3 is 2.67 bits per heavy atom. The average molecular weight is 498 g/mol. The number of anilines is 1. The molecule has 9 heteroatoms. The number of ether oxygens (including phenoxy) is 1. The number of carbonyl (C=O) groups is 1. The first-order chi connectivity index (χ1) is 17.7. The van der Waals surface area contributed by atoms with E-state index in [2.05, 4.69) is 20.5 Å². The van der Waals surface area contributed by atoms with E-state index in [4.69, 9.17) is 9.15 Å². The molecule has 0 aliphatic heterocycles. The van der Waals surface area contributed by atoms with Crippen LogP contribution in [-0.2, 0) is 17.9 Å². The molecule has 8 nitrogen and oxygen atoms in total. The number of pyridine rings is 1. The summed E-state index contributed by atoms with van der Waals surface area (Å²) in [5, 5.41) is 12.2. The van der Waals surface area contributed by atoms with Gasteiger partial charge in [-0.25, -0.2) is 0 Å². The number of rotatable bonds is 10. The number of benzene rings is 2. The number of furan rings is 1. The highest BCUT2D eigenvalue weighted by Gasteiger charge is 2.18. The number of nitrogens with zero attached hydrogens (tertiary/aromatic N) is 4. The molecule has 1 N–H and O–H groups in total. The molecule has 5 aromatic rings. The Bertz CT molecular complexity index is 1410. The van der Waals surface area contributed by atoms with Gasteiger partial charge in [0.15, 0.2) is 10.9 Å². The first-order valence-corrected chi connectivity index (χ1v) is 12.3. The van der Waals surface area contributed by atoms with Crippen LogP contribution < -0.4 is 10.1 Å². The van der Waals surface area contributed by atoms with Gasteiger partial charge in [-0.05, 0) is 35.9 Å². The highest BCUT2D eigenvalue weighted by Crippen LogP contribution is 2.26. The molecule has 0 fully saturated rings. The van der Waals surface area contributed by atoms with Crippen LogP contribution in [-0.4, -0.2) is 31.4 Å². The van der Waals surface area contributed by atoms with E-state index in [0.29, 0.717) is 41.3 Å². The molecule has 36 heavy (non-hydrogen) atoms. The van der Waals surface area contributed by atoms with Crippen molar-refractivity contribution in [2.45, 2.75) is 18.3 Å². The second-order valence-corrected chi connectivity index (χ2v) is 8.81. The second-order valence-electron chi connectivity index (χ2n) is 7.87. The van der Waals surface area contributed by atoms with Crippen LogP contribution >= 0.6 is 11.8 Å². The summed E-state index contributed by atoms with van der Waals surface area (Å²) in [6, 6.07) is 24.8. The number of hydrogen-bond acceptors (Lipinski definition) is 7. The Kier molecular flexibility index (Phi) is 7.38. The van der Waals surface area contributed by atoms with Gasteiger partial charge in [0.2, 0.25) is 11.7 Å². The molecule has 2 aromatic carbocycles. The molecule has 3 aromatic heterocycles. The molecule has 3 heterocycles. The monoisotopic (exact) mass is 497 g/mol. The Labute approximate surface area is 212 Å². The van der Waals surface area contributed by atoms with E-state index in [1.165, 1.54) is 11.8 Å². The third-order valence-corrected chi connectivity index (χ3v) is 6.19. The average Bonchev–Trinajstić information content (AvgIpc) is 3.58. The van der Waals surface area contributed by atoms with E-state index in [0.717, 1.165) is 11.1 Å². The minimum Gasteiger partial charge on any atom is -0.489 e. The van der Waals surface area contributed by atoms with Gasteiger partial charge in [-0.2, -0.15) is 0 Å². The van der Waals surface area contributed by atoms with E-state index < -0.39 is 0 Å². The maximum absolute atomic E-state index is 12.7. The topological polar surface area (TPSA) is 95.1 Å². The van der Waals surface area contributed by atoms with E-state index in [1.807, 2.05) is 77.4 Å². The van der Waals surface area contributed by atoms with Crippen LogP contribution in [0.25, 0.3) is 11.6 Å². The number of amides is 1. The van der Waals surface area contributed by atoms with Crippen molar-refractivity contribution < 1.29 is 13.9 Å². The van der Waals surface area contributed by atoms with E-state index in [1.54, 1.807) is 24.7 Å². The summed E-state index contributed by atoms with van der Waals surface area (Å²) in [5.41, 5.74) is 2.72. The molecule has 0 unspecified atom stereocenters. The fraction of sp³-hybridized carbons (Fsp3) is 0.111. The van der Waals surface area contributed by atoms with E-state index in [9.17, 15) is 4.79 Å². The summed E-state index contributed by atoms with van der Waals surface area (Å²) in [4.78, 5) is 16.8.